The highest BCUT2D eigenvalue weighted by Crippen LogP contribution is 2.12. The molecular weight excluding hydrogens is 252 g/mol. The minimum Gasteiger partial charge on any atom is -0.493 e. The summed E-state index contributed by atoms with van der Waals surface area (Å²) in [5.41, 5.74) is 1.43. The average molecular weight is 268 g/mol. The van der Waals surface area contributed by atoms with Crippen LogP contribution < -0.4 is 4.74 Å². The molecule has 102 valence electrons. The van der Waals surface area contributed by atoms with E-state index in [4.69, 9.17) is 9.84 Å². The van der Waals surface area contributed by atoms with Gasteiger partial charge in [0.15, 0.2) is 0 Å². The lowest BCUT2D eigenvalue weighted by molar-refractivity contribution is 0.0697. The molecule has 0 amide bonds. The molecule has 0 fully saturated rings. The fourth-order valence-corrected chi connectivity index (χ4v) is 1.72. The summed E-state index contributed by atoms with van der Waals surface area (Å²) in [4.78, 5) is 10.7. The van der Waals surface area contributed by atoms with Gasteiger partial charge in [-0.25, -0.2) is 4.79 Å². The lowest BCUT2D eigenvalue weighted by Gasteiger charge is -2.04. The maximum atomic E-state index is 10.7. The van der Waals surface area contributed by atoms with Crippen molar-refractivity contribution in [3.05, 3.63) is 71.8 Å². The van der Waals surface area contributed by atoms with Crippen molar-refractivity contribution in [1.29, 1.82) is 0 Å². The Hall–Kier alpha value is -2.55. The van der Waals surface area contributed by atoms with Crippen LogP contribution in [0.3, 0.4) is 0 Å². The smallest absolute Gasteiger partial charge is 0.335 e. The molecule has 0 unspecified atom stereocenters. The van der Waals surface area contributed by atoms with Crippen LogP contribution in [0.25, 0.3) is 6.08 Å². The number of benzene rings is 2. The third kappa shape index (κ3) is 4.28. The first-order valence-electron chi connectivity index (χ1n) is 6.43. The van der Waals surface area contributed by atoms with Crippen molar-refractivity contribution in [2.24, 2.45) is 0 Å². The average Bonchev–Trinajstić information content (AvgIpc) is 2.48. The fraction of sp³-hybridized carbons (Fsp3) is 0.118. The highest BCUT2D eigenvalue weighted by molar-refractivity contribution is 5.87. The van der Waals surface area contributed by atoms with E-state index in [0.717, 1.165) is 6.42 Å². The molecule has 0 heterocycles. The Kier molecular flexibility index (Phi) is 4.95. The summed E-state index contributed by atoms with van der Waals surface area (Å²) in [7, 11) is 0. The zero-order valence-electron chi connectivity index (χ0n) is 11.0. The minimum absolute atomic E-state index is 0.265. The van der Waals surface area contributed by atoms with Crippen molar-refractivity contribution in [1.82, 2.24) is 0 Å². The van der Waals surface area contributed by atoms with E-state index in [2.05, 4.69) is 12.2 Å². The van der Waals surface area contributed by atoms with E-state index in [0.29, 0.717) is 12.4 Å². The van der Waals surface area contributed by atoms with Gasteiger partial charge in [0.25, 0.3) is 0 Å². The van der Waals surface area contributed by atoms with Crippen molar-refractivity contribution in [3.8, 4) is 5.75 Å². The fourth-order valence-electron chi connectivity index (χ4n) is 1.72. The topological polar surface area (TPSA) is 46.5 Å². The monoisotopic (exact) mass is 268 g/mol. The van der Waals surface area contributed by atoms with Gasteiger partial charge in [0, 0.05) is 0 Å². The maximum absolute atomic E-state index is 10.7. The van der Waals surface area contributed by atoms with Crippen molar-refractivity contribution in [3.63, 3.8) is 0 Å². The standard InChI is InChI=1S/C17H16O3/c18-17(19)15-9-11-16(12-10-15)20-13-5-4-8-14-6-2-1-3-7-14/h1-4,6-12H,5,13H2,(H,18,19). The summed E-state index contributed by atoms with van der Waals surface area (Å²) < 4.78 is 5.53. The van der Waals surface area contributed by atoms with Crippen molar-refractivity contribution >= 4 is 12.0 Å². The predicted octanol–water partition coefficient (Wildman–Crippen LogP) is 3.87. The Morgan fingerprint density at radius 2 is 1.75 bits per heavy atom. The minimum atomic E-state index is -0.928. The highest BCUT2D eigenvalue weighted by atomic mass is 16.5. The van der Waals surface area contributed by atoms with E-state index in [9.17, 15) is 4.79 Å². The van der Waals surface area contributed by atoms with Gasteiger partial charge in [-0.3, -0.25) is 0 Å². The van der Waals surface area contributed by atoms with E-state index in [1.807, 2.05) is 30.3 Å². The number of rotatable bonds is 6. The second kappa shape index (κ2) is 7.14. The Labute approximate surface area is 118 Å². The molecule has 2 rings (SSSR count). The second-order valence-corrected chi connectivity index (χ2v) is 4.28. The van der Waals surface area contributed by atoms with Gasteiger partial charge in [0.05, 0.1) is 12.2 Å². The highest BCUT2D eigenvalue weighted by Gasteiger charge is 2.01. The Morgan fingerprint density at radius 3 is 2.40 bits per heavy atom. The van der Waals surface area contributed by atoms with Crippen LogP contribution in [0.1, 0.15) is 22.3 Å². The van der Waals surface area contributed by atoms with Gasteiger partial charge in [-0.15, -0.1) is 0 Å². The molecule has 3 heteroatoms. The molecule has 1 N–H and O–H groups in total. The Morgan fingerprint density at radius 1 is 1.05 bits per heavy atom. The lowest BCUT2D eigenvalue weighted by Crippen LogP contribution is -1.98. The van der Waals surface area contributed by atoms with Gasteiger partial charge >= 0.3 is 5.97 Å². The molecule has 0 spiro atoms. The van der Waals surface area contributed by atoms with Crippen LogP contribution in [0, 0.1) is 0 Å². The number of hydrogen-bond acceptors (Lipinski definition) is 2. The van der Waals surface area contributed by atoms with Crippen molar-refractivity contribution in [2.75, 3.05) is 6.61 Å². The Bertz CT molecular complexity index is 571. The van der Waals surface area contributed by atoms with Gasteiger partial charge in [-0.2, -0.15) is 0 Å². The molecule has 0 aliphatic carbocycles. The van der Waals surface area contributed by atoms with Gasteiger partial charge in [-0.05, 0) is 36.2 Å². The largest absolute Gasteiger partial charge is 0.493 e. The van der Waals surface area contributed by atoms with Crippen LogP contribution in [0.5, 0.6) is 5.75 Å². The summed E-state index contributed by atoms with van der Waals surface area (Å²) in [5, 5.41) is 8.78. The van der Waals surface area contributed by atoms with Crippen LogP contribution in [0.4, 0.5) is 0 Å². The maximum Gasteiger partial charge on any atom is 0.335 e. The summed E-state index contributed by atoms with van der Waals surface area (Å²) in [6.45, 7) is 0.565. The number of carbonyl (C=O) groups is 1. The molecule has 0 radical (unpaired) electrons. The summed E-state index contributed by atoms with van der Waals surface area (Å²) in [6, 6.07) is 16.5. The molecule has 0 atom stereocenters. The zero-order valence-corrected chi connectivity index (χ0v) is 11.0. The van der Waals surface area contributed by atoms with Crippen molar-refractivity contribution in [2.45, 2.75) is 6.42 Å². The van der Waals surface area contributed by atoms with E-state index >= 15 is 0 Å². The first-order valence-corrected chi connectivity index (χ1v) is 6.43. The van der Waals surface area contributed by atoms with Crippen LogP contribution >= 0.6 is 0 Å². The predicted molar refractivity (Wildman–Crippen MR) is 79.0 cm³/mol. The summed E-state index contributed by atoms with van der Waals surface area (Å²) >= 11 is 0. The molecule has 0 bridgehead atoms. The SMILES string of the molecule is O=C(O)c1ccc(OCCC=Cc2ccccc2)cc1. The van der Waals surface area contributed by atoms with E-state index in [1.54, 1.807) is 12.1 Å². The molecular formula is C17H16O3. The molecule has 0 aliphatic heterocycles. The first-order chi connectivity index (χ1) is 9.75. The number of carboxylic acids is 1. The van der Waals surface area contributed by atoms with Crippen LogP contribution in [-0.4, -0.2) is 17.7 Å². The lowest BCUT2D eigenvalue weighted by atomic mass is 10.2. The summed E-state index contributed by atoms with van der Waals surface area (Å²) in [6.07, 6.45) is 4.91. The van der Waals surface area contributed by atoms with E-state index in [-0.39, 0.29) is 5.56 Å². The molecule has 20 heavy (non-hydrogen) atoms. The molecule has 3 nitrogen and oxygen atoms in total. The van der Waals surface area contributed by atoms with Gasteiger partial charge in [0.2, 0.25) is 0 Å². The van der Waals surface area contributed by atoms with Crippen LogP contribution in [-0.2, 0) is 0 Å². The number of aromatic carboxylic acids is 1. The molecule has 0 aliphatic rings. The molecule has 2 aromatic rings. The normalized spacial score (nSPS) is 10.6. The zero-order chi connectivity index (χ0) is 14.2. The quantitative estimate of drug-likeness (QED) is 0.809. The Balaban J connectivity index is 1.76. The van der Waals surface area contributed by atoms with Crippen molar-refractivity contribution < 1.29 is 14.6 Å². The van der Waals surface area contributed by atoms with Gasteiger partial charge in [-0.1, -0.05) is 42.5 Å². The first kappa shape index (κ1) is 13.9. The summed E-state index contributed by atoms with van der Waals surface area (Å²) in [5.74, 6) is -0.245. The van der Waals surface area contributed by atoms with Gasteiger partial charge < -0.3 is 9.84 Å². The number of carboxylic acid groups (broad SMARTS) is 1. The number of hydrogen-bond donors (Lipinski definition) is 1. The molecule has 0 saturated carbocycles. The van der Waals surface area contributed by atoms with Crippen LogP contribution in [0.15, 0.2) is 60.7 Å². The molecule has 0 aromatic heterocycles. The molecule has 0 saturated heterocycles. The van der Waals surface area contributed by atoms with E-state index < -0.39 is 5.97 Å². The number of ether oxygens (including phenoxy) is 1. The third-order valence-corrected chi connectivity index (χ3v) is 2.76. The third-order valence-electron chi connectivity index (χ3n) is 2.76. The second-order valence-electron chi connectivity index (χ2n) is 4.28. The van der Waals surface area contributed by atoms with E-state index in [1.165, 1.54) is 17.7 Å². The van der Waals surface area contributed by atoms with Gasteiger partial charge in [0.1, 0.15) is 5.75 Å². The van der Waals surface area contributed by atoms with Crippen LogP contribution in [0.2, 0.25) is 0 Å². The molecule has 2 aromatic carbocycles.